The lowest BCUT2D eigenvalue weighted by Crippen LogP contribution is -2.12. The van der Waals surface area contributed by atoms with Crippen molar-refractivity contribution in [3.8, 4) is 0 Å². The van der Waals surface area contributed by atoms with Crippen molar-refractivity contribution in [3.05, 3.63) is 59.1 Å². The normalized spacial score (nSPS) is 10.1. The van der Waals surface area contributed by atoms with Gasteiger partial charge in [-0.3, -0.25) is 4.79 Å². The number of hydrogen-bond acceptors (Lipinski definition) is 2. The highest BCUT2D eigenvalue weighted by Crippen LogP contribution is 2.17. The number of amides is 1. The van der Waals surface area contributed by atoms with E-state index in [1.54, 1.807) is 24.3 Å². The van der Waals surface area contributed by atoms with E-state index in [9.17, 15) is 4.79 Å². The van der Waals surface area contributed by atoms with Gasteiger partial charge in [0.05, 0.1) is 0 Å². The molecule has 0 fully saturated rings. The van der Waals surface area contributed by atoms with Crippen molar-refractivity contribution in [2.75, 3.05) is 24.3 Å². The maximum atomic E-state index is 12.0. The van der Waals surface area contributed by atoms with Gasteiger partial charge in [-0.05, 0) is 42.5 Å². The fourth-order valence-corrected chi connectivity index (χ4v) is 1.87. The summed E-state index contributed by atoms with van der Waals surface area (Å²) in [6.45, 7) is 0. The predicted molar refractivity (Wildman–Crippen MR) is 80.2 cm³/mol. The van der Waals surface area contributed by atoms with Crippen LogP contribution in [0.2, 0.25) is 5.02 Å². The summed E-state index contributed by atoms with van der Waals surface area (Å²) in [5, 5.41) is 3.39. The fourth-order valence-electron chi connectivity index (χ4n) is 1.68. The van der Waals surface area contributed by atoms with E-state index in [-0.39, 0.29) is 5.91 Å². The van der Waals surface area contributed by atoms with Gasteiger partial charge in [0.15, 0.2) is 0 Å². The lowest BCUT2D eigenvalue weighted by atomic mass is 10.2. The summed E-state index contributed by atoms with van der Waals surface area (Å²) >= 11 is 5.86. The van der Waals surface area contributed by atoms with Crippen LogP contribution in [-0.4, -0.2) is 20.0 Å². The minimum Gasteiger partial charge on any atom is -0.378 e. The molecule has 0 aliphatic rings. The number of hydrogen-bond donors (Lipinski definition) is 1. The zero-order chi connectivity index (χ0) is 13.8. The van der Waals surface area contributed by atoms with Crippen molar-refractivity contribution in [2.45, 2.75) is 0 Å². The fraction of sp³-hybridized carbons (Fsp3) is 0.133. The number of carbonyl (C=O) groups is 1. The Morgan fingerprint density at radius 1 is 1.11 bits per heavy atom. The molecule has 1 N–H and O–H groups in total. The highest BCUT2D eigenvalue weighted by Gasteiger charge is 2.06. The minimum absolute atomic E-state index is 0.167. The van der Waals surface area contributed by atoms with Crippen LogP contribution < -0.4 is 10.2 Å². The summed E-state index contributed by atoms with van der Waals surface area (Å²) in [6.07, 6.45) is 0. The Morgan fingerprint density at radius 2 is 1.79 bits per heavy atom. The van der Waals surface area contributed by atoms with Crippen molar-refractivity contribution in [3.63, 3.8) is 0 Å². The number of benzene rings is 2. The Bertz CT molecular complexity index is 579. The summed E-state index contributed by atoms with van der Waals surface area (Å²) in [7, 11) is 3.94. The predicted octanol–water partition coefficient (Wildman–Crippen LogP) is 3.66. The van der Waals surface area contributed by atoms with Gasteiger partial charge >= 0.3 is 0 Å². The van der Waals surface area contributed by atoms with Gasteiger partial charge in [-0.15, -0.1) is 0 Å². The third-order valence-electron chi connectivity index (χ3n) is 2.73. The molecule has 19 heavy (non-hydrogen) atoms. The van der Waals surface area contributed by atoms with Crippen LogP contribution in [-0.2, 0) is 0 Å². The van der Waals surface area contributed by atoms with E-state index in [0.717, 1.165) is 11.4 Å². The Labute approximate surface area is 117 Å². The summed E-state index contributed by atoms with van der Waals surface area (Å²) in [4.78, 5) is 14.0. The molecule has 0 saturated carbocycles. The molecule has 0 aliphatic heterocycles. The molecular formula is C15H15ClN2O. The van der Waals surface area contributed by atoms with Crippen LogP contribution >= 0.6 is 11.6 Å². The number of carbonyl (C=O) groups excluding carboxylic acids is 1. The molecule has 2 rings (SSSR count). The number of anilines is 2. The molecule has 0 aliphatic carbocycles. The van der Waals surface area contributed by atoms with Crippen LogP contribution in [0.3, 0.4) is 0 Å². The molecular weight excluding hydrogens is 260 g/mol. The van der Waals surface area contributed by atoms with Crippen molar-refractivity contribution in [2.24, 2.45) is 0 Å². The number of nitrogens with one attached hydrogen (secondary N) is 1. The van der Waals surface area contributed by atoms with Crippen LogP contribution in [0.15, 0.2) is 48.5 Å². The number of rotatable bonds is 3. The molecule has 2 aromatic carbocycles. The molecule has 0 unspecified atom stereocenters. The first kappa shape index (κ1) is 13.4. The van der Waals surface area contributed by atoms with Gasteiger partial charge in [-0.1, -0.05) is 17.7 Å². The van der Waals surface area contributed by atoms with Gasteiger partial charge < -0.3 is 10.2 Å². The molecule has 98 valence electrons. The molecule has 0 heterocycles. The Balaban J connectivity index is 2.10. The zero-order valence-electron chi connectivity index (χ0n) is 10.9. The van der Waals surface area contributed by atoms with E-state index in [1.807, 2.05) is 43.3 Å². The summed E-state index contributed by atoms with van der Waals surface area (Å²) in [5.74, 6) is -0.167. The van der Waals surface area contributed by atoms with Gasteiger partial charge in [-0.25, -0.2) is 0 Å². The molecule has 2 aromatic rings. The highest BCUT2D eigenvalue weighted by atomic mass is 35.5. The average molecular weight is 275 g/mol. The second-order valence-electron chi connectivity index (χ2n) is 4.41. The van der Waals surface area contributed by atoms with Crippen LogP contribution in [0, 0.1) is 0 Å². The third kappa shape index (κ3) is 3.48. The molecule has 0 spiro atoms. The lowest BCUT2D eigenvalue weighted by molar-refractivity contribution is 0.102. The highest BCUT2D eigenvalue weighted by molar-refractivity contribution is 6.31. The van der Waals surface area contributed by atoms with E-state index in [0.29, 0.717) is 10.6 Å². The van der Waals surface area contributed by atoms with Gasteiger partial charge in [0.25, 0.3) is 5.91 Å². The molecule has 0 atom stereocenters. The van der Waals surface area contributed by atoms with E-state index < -0.39 is 0 Å². The summed E-state index contributed by atoms with van der Waals surface area (Å²) in [5.41, 5.74) is 2.39. The topological polar surface area (TPSA) is 32.3 Å². The van der Waals surface area contributed by atoms with E-state index >= 15 is 0 Å². The SMILES string of the molecule is CN(C)c1ccc(NC(=O)c2cccc(Cl)c2)cc1. The number of nitrogens with zero attached hydrogens (tertiary/aromatic N) is 1. The smallest absolute Gasteiger partial charge is 0.255 e. The van der Waals surface area contributed by atoms with Crippen molar-refractivity contribution in [1.29, 1.82) is 0 Å². The number of halogens is 1. The monoisotopic (exact) mass is 274 g/mol. The quantitative estimate of drug-likeness (QED) is 0.926. The van der Waals surface area contributed by atoms with E-state index in [2.05, 4.69) is 5.32 Å². The Kier molecular flexibility index (Phi) is 4.07. The lowest BCUT2D eigenvalue weighted by Gasteiger charge is -2.13. The molecule has 0 saturated heterocycles. The maximum Gasteiger partial charge on any atom is 0.255 e. The van der Waals surface area contributed by atoms with Crippen molar-refractivity contribution < 1.29 is 4.79 Å². The molecule has 4 heteroatoms. The Hall–Kier alpha value is -2.00. The van der Waals surface area contributed by atoms with E-state index in [4.69, 9.17) is 11.6 Å². The van der Waals surface area contributed by atoms with Gasteiger partial charge in [0.1, 0.15) is 0 Å². The molecule has 0 bridgehead atoms. The maximum absolute atomic E-state index is 12.0. The first-order chi connectivity index (χ1) is 9.06. The van der Waals surface area contributed by atoms with Gasteiger partial charge in [0, 0.05) is 36.1 Å². The van der Waals surface area contributed by atoms with Crippen LogP contribution in [0.4, 0.5) is 11.4 Å². The standard InChI is InChI=1S/C15H15ClN2O/c1-18(2)14-8-6-13(7-9-14)17-15(19)11-4-3-5-12(16)10-11/h3-10H,1-2H3,(H,17,19). The zero-order valence-corrected chi connectivity index (χ0v) is 11.6. The second-order valence-corrected chi connectivity index (χ2v) is 4.84. The second kappa shape index (κ2) is 5.76. The minimum atomic E-state index is -0.167. The van der Waals surface area contributed by atoms with Crippen LogP contribution in [0.5, 0.6) is 0 Å². The first-order valence-electron chi connectivity index (χ1n) is 5.90. The largest absolute Gasteiger partial charge is 0.378 e. The third-order valence-corrected chi connectivity index (χ3v) is 2.96. The Morgan fingerprint density at radius 3 is 2.37 bits per heavy atom. The molecule has 3 nitrogen and oxygen atoms in total. The van der Waals surface area contributed by atoms with Crippen LogP contribution in [0.25, 0.3) is 0 Å². The van der Waals surface area contributed by atoms with Crippen molar-refractivity contribution >= 4 is 28.9 Å². The molecule has 1 amide bonds. The molecule has 0 radical (unpaired) electrons. The van der Waals surface area contributed by atoms with Gasteiger partial charge in [0.2, 0.25) is 0 Å². The summed E-state index contributed by atoms with van der Waals surface area (Å²) in [6, 6.07) is 14.5. The van der Waals surface area contributed by atoms with E-state index in [1.165, 1.54) is 0 Å². The van der Waals surface area contributed by atoms with Crippen LogP contribution in [0.1, 0.15) is 10.4 Å². The molecule has 0 aromatic heterocycles. The van der Waals surface area contributed by atoms with Crippen molar-refractivity contribution in [1.82, 2.24) is 0 Å². The van der Waals surface area contributed by atoms with Gasteiger partial charge in [-0.2, -0.15) is 0 Å². The summed E-state index contributed by atoms with van der Waals surface area (Å²) < 4.78 is 0. The first-order valence-corrected chi connectivity index (χ1v) is 6.28. The average Bonchev–Trinajstić information content (AvgIpc) is 2.39.